The molecular weight excluding hydrogens is 673 g/mol. The number of hydrogen-bond acceptors (Lipinski definition) is 10. The van der Waals surface area contributed by atoms with Crippen LogP contribution in [0.25, 0.3) is 10.8 Å². The molecule has 0 aliphatic carbocycles. The molecule has 11 nitrogen and oxygen atoms in total. The van der Waals surface area contributed by atoms with Crippen molar-refractivity contribution < 1.29 is 22.6 Å². The van der Waals surface area contributed by atoms with Gasteiger partial charge in [-0.2, -0.15) is 15.1 Å². The highest BCUT2D eigenvalue weighted by molar-refractivity contribution is 7.57. The predicted octanol–water partition coefficient (Wildman–Crippen LogP) is 6.41. The zero-order chi connectivity index (χ0) is 35.5. The molecule has 2 aromatic carbocycles. The fourth-order valence-corrected chi connectivity index (χ4v) is 9.31. The zero-order valence-electron chi connectivity index (χ0n) is 29.9. The molecule has 0 spiro atoms. The van der Waals surface area contributed by atoms with Gasteiger partial charge in [0.05, 0.1) is 30.0 Å². The van der Waals surface area contributed by atoms with E-state index < -0.39 is 13.5 Å². The van der Waals surface area contributed by atoms with Gasteiger partial charge < -0.3 is 24.4 Å². The number of nitrogens with zero attached hydrogens (tertiary/aromatic N) is 7. The highest BCUT2D eigenvalue weighted by Gasteiger charge is 2.49. The molecule has 4 aliphatic heterocycles. The molecule has 4 aromatic rings. The molecule has 4 aliphatic rings. The van der Waals surface area contributed by atoms with Crippen LogP contribution in [-0.2, 0) is 37.0 Å². The molecule has 0 bridgehead atoms. The monoisotopic (exact) mass is 720 g/mol. The van der Waals surface area contributed by atoms with Gasteiger partial charge in [-0.15, -0.1) is 0 Å². The van der Waals surface area contributed by atoms with Gasteiger partial charge in [0.1, 0.15) is 36.0 Å². The summed E-state index contributed by atoms with van der Waals surface area (Å²) in [4.78, 5) is 16.9. The Morgan fingerprint density at radius 2 is 1.92 bits per heavy atom. The maximum Gasteiger partial charge on any atom is 0.318 e. The second-order valence-corrected chi connectivity index (χ2v) is 17.5. The van der Waals surface area contributed by atoms with Crippen LogP contribution in [0.1, 0.15) is 55.1 Å². The number of hydrogen-bond donors (Lipinski definition) is 1. The van der Waals surface area contributed by atoms with E-state index in [9.17, 15) is 8.96 Å². The minimum atomic E-state index is -2.86. The number of aryl methyl sites for hydroxylation is 2. The lowest BCUT2D eigenvalue weighted by Crippen LogP contribution is -2.43. The van der Waals surface area contributed by atoms with Crippen LogP contribution in [0.5, 0.6) is 11.8 Å². The van der Waals surface area contributed by atoms with E-state index >= 15 is 4.39 Å². The lowest BCUT2D eigenvalue weighted by molar-refractivity contribution is 0.107. The molecule has 51 heavy (non-hydrogen) atoms. The van der Waals surface area contributed by atoms with Crippen LogP contribution in [0.3, 0.4) is 0 Å². The second-order valence-electron chi connectivity index (χ2n) is 14.8. The van der Waals surface area contributed by atoms with Gasteiger partial charge in [-0.1, -0.05) is 13.0 Å². The Balaban J connectivity index is 1.19. The highest BCUT2D eigenvalue weighted by Crippen LogP contribution is 2.45. The third-order valence-corrected chi connectivity index (χ3v) is 11.6. The minimum Gasteiger partial charge on any atom is -0.461 e. The number of ether oxygens (including phenoxy) is 1. The number of benzene rings is 2. The fraction of sp³-hybridized carbons (Fsp3) is 0.541. The topological polar surface area (TPSA) is 101 Å². The summed E-state index contributed by atoms with van der Waals surface area (Å²) in [6.07, 6.45) is 3.61. The van der Waals surface area contributed by atoms with E-state index in [4.69, 9.17) is 24.3 Å². The third-order valence-electron chi connectivity index (χ3n) is 11.0. The van der Waals surface area contributed by atoms with Crippen LogP contribution in [0.2, 0.25) is 0 Å². The van der Waals surface area contributed by atoms with Crippen LogP contribution in [-0.4, -0.2) is 89.5 Å². The first kappa shape index (κ1) is 34.1. The fourth-order valence-electron chi connectivity index (χ4n) is 8.70. The summed E-state index contributed by atoms with van der Waals surface area (Å²) in [6.45, 7) is 10.1. The second kappa shape index (κ2) is 13.2. The molecule has 0 amide bonds. The lowest BCUT2D eigenvalue weighted by atomic mass is 9.95. The van der Waals surface area contributed by atoms with Crippen molar-refractivity contribution in [2.75, 3.05) is 68.3 Å². The van der Waals surface area contributed by atoms with Crippen molar-refractivity contribution in [3.05, 3.63) is 58.7 Å². The number of halogens is 2. The van der Waals surface area contributed by atoms with Gasteiger partial charge in [-0.25, -0.2) is 8.78 Å². The van der Waals surface area contributed by atoms with E-state index in [0.717, 1.165) is 83.9 Å². The summed E-state index contributed by atoms with van der Waals surface area (Å²) < 4.78 is 57.2. The first-order chi connectivity index (χ1) is 24.5. The molecule has 2 fully saturated rings. The molecule has 8 rings (SSSR count). The van der Waals surface area contributed by atoms with Gasteiger partial charge in [-0.3, -0.25) is 14.1 Å². The maximum absolute atomic E-state index is 15.3. The summed E-state index contributed by atoms with van der Waals surface area (Å²) in [7, 11) is -0.987. The Morgan fingerprint density at radius 3 is 2.73 bits per heavy atom. The Labute approximate surface area is 297 Å². The van der Waals surface area contributed by atoms with Gasteiger partial charge >= 0.3 is 6.01 Å². The molecule has 0 unspecified atom stereocenters. The van der Waals surface area contributed by atoms with Crippen molar-refractivity contribution in [3.8, 4) is 11.8 Å². The number of anilines is 3. The summed E-state index contributed by atoms with van der Waals surface area (Å²) in [5.41, 5.74) is 4.13. The van der Waals surface area contributed by atoms with Crippen molar-refractivity contribution in [3.63, 3.8) is 0 Å². The van der Waals surface area contributed by atoms with Crippen molar-refractivity contribution in [2.45, 2.75) is 76.8 Å². The average molecular weight is 721 g/mol. The number of fused-ring (bicyclic) bond motifs is 4. The first-order valence-electron chi connectivity index (χ1n) is 18.2. The number of nitrogens with one attached hydrogen (secondary N) is 1. The molecule has 1 N–H and O–H groups in total. The SMILES string of the molecule is CCc1c(F)ccc2cc(OP(C)(C)=O)cc(N3CCc4c(nc(OC[C@@]56CCCN5C[C@H](F)C6)nc4N4CCCn5nc(NC)cc5C4)C3)c12. The Hall–Kier alpha value is -3.96. The standard InChI is InChI=1S/C37H47F2N8O3P/c1-5-28-30(39)9-8-24-16-27(50-51(3,4)48)18-32(34(24)28)44-15-10-29-31(22-44)41-36(49-23-37-11-6-13-46(37)20-25(38)19-37)42-35(29)45-12-7-14-47-26(21-45)17-33(40-2)43-47/h8-9,16-18,25H,5-7,10-15,19-23H2,1-4H3,(H,40,43)/t25-,37+/m1/s1. The van der Waals surface area contributed by atoms with Gasteiger partial charge in [-0.05, 0) is 61.7 Å². The van der Waals surface area contributed by atoms with E-state index in [0.29, 0.717) is 69.4 Å². The molecule has 272 valence electrons. The Bertz CT molecular complexity index is 2020. The summed E-state index contributed by atoms with van der Waals surface area (Å²) in [5.74, 6) is 1.93. The summed E-state index contributed by atoms with van der Waals surface area (Å²) in [6, 6.07) is 9.38. The third kappa shape index (κ3) is 6.52. The Kier molecular flexibility index (Phi) is 8.85. The largest absolute Gasteiger partial charge is 0.461 e. The molecule has 6 heterocycles. The summed E-state index contributed by atoms with van der Waals surface area (Å²) >= 11 is 0. The van der Waals surface area contributed by atoms with Crippen molar-refractivity contribution in [2.24, 2.45) is 0 Å². The quantitative estimate of drug-likeness (QED) is 0.195. The van der Waals surface area contributed by atoms with Crippen LogP contribution < -0.4 is 24.4 Å². The van der Waals surface area contributed by atoms with Crippen molar-refractivity contribution in [1.29, 1.82) is 0 Å². The van der Waals surface area contributed by atoms with Crippen LogP contribution in [0.4, 0.5) is 26.1 Å². The molecule has 2 atom stereocenters. The van der Waals surface area contributed by atoms with Gasteiger partial charge in [0.25, 0.3) is 0 Å². The van der Waals surface area contributed by atoms with Crippen LogP contribution in [0.15, 0.2) is 30.3 Å². The maximum atomic E-state index is 15.3. The highest BCUT2D eigenvalue weighted by atomic mass is 31.2. The normalized spacial score (nSPS) is 22.1. The van der Waals surface area contributed by atoms with E-state index in [1.165, 1.54) is 6.07 Å². The predicted molar refractivity (Wildman–Crippen MR) is 196 cm³/mol. The van der Waals surface area contributed by atoms with Crippen molar-refractivity contribution in [1.82, 2.24) is 24.6 Å². The molecule has 14 heteroatoms. The number of rotatable bonds is 9. The van der Waals surface area contributed by atoms with Crippen molar-refractivity contribution >= 4 is 35.5 Å². The van der Waals surface area contributed by atoms with Crippen LogP contribution >= 0.6 is 7.37 Å². The van der Waals surface area contributed by atoms with E-state index in [2.05, 4.69) is 30.8 Å². The molecule has 0 saturated carbocycles. The van der Waals surface area contributed by atoms with E-state index in [1.807, 2.05) is 26.1 Å². The van der Waals surface area contributed by atoms with E-state index in [1.54, 1.807) is 19.4 Å². The smallest absolute Gasteiger partial charge is 0.318 e. The average Bonchev–Trinajstić information content (AvgIpc) is 3.72. The summed E-state index contributed by atoms with van der Waals surface area (Å²) in [5, 5.41) is 9.53. The number of alkyl halides is 1. The molecular formula is C37H47F2N8O3P. The molecule has 0 radical (unpaired) electrons. The first-order valence-corrected chi connectivity index (χ1v) is 20.7. The van der Waals surface area contributed by atoms with Gasteiger partial charge in [0.15, 0.2) is 0 Å². The number of aromatic nitrogens is 4. The molecule has 2 aromatic heterocycles. The molecule has 2 saturated heterocycles. The Morgan fingerprint density at radius 1 is 1.06 bits per heavy atom. The van der Waals surface area contributed by atoms with E-state index in [-0.39, 0.29) is 11.4 Å². The van der Waals surface area contributed by atoms with Gasteiger partial charge in [0, 0.05) is 81.7 Å². The van der Waals surface area contributed by atoms with Crippen LogP contribution in [0, 0.1) is 5.82 Å². The minimum absolute atomic E-state index is 0.251. The lowest BCUT2D eigenvalue weighted by Gasteiger charge is -2.35. The zero-order valence-corrected chi connectivity index (χ0v) is 30.8. The van der Waals surface area contributed by atoms with Gasteiger partial charge in [0.2, 0.25) is 7.37 Å².